The van der Waals surface area contributed by atoms with E-state index in [-0.39, 0.29) is 0 Å². The fourth-order valence-corrected chi connectivity index (χ4v) is 0.463. The minimum Gasteiger partial charge on any atom is -0.478 e. The quantitative estimate of drug-likeness (QED) is 0.567. The molecule has 0 aromatic rings. The van der Waals surface area contributed by atoms with E-state index >= 15 is 0 Å². The van der Waals surface area contributed by atoms with Crippen LogP contribution in [0.25, 0.3) is 0 Å². The van der Waals surface area contributed by atoms with Gasteiger partial charge in [0.15, 0.2) is 0 Å². The van der Waals surface area contributed by atoms with Crippen molar-refractivity contribution in [2.45, 2.75) is 19.9 Å². The predicted molar refractivity (Wildman–Crippen MR) is 39.9 cm³/mol. The first kappa shape index (κ1) is 9.17. The van der Waals surface area contributed by atoms with E-state index in [4.69, 9.17) is 5.11 Å². The van der Waals surface area contributed by atoms with Crippen LogP contribution in [0, 0.1) is 0 Å². The molecular weight excluding hydrogens is 130 g/mol. The number of carboxylic acids is 1. The van der Waals surface area contributed by atoms with Gasteiger partial charge in [0.1, 0.15) is 0 Å². The van der Waals surface area contributed by atoms with E-state index in [0.717, 1.165) is 6.08 Å². The normalized spacial score (nSPS) is 11.1. The van der Waals surface area contributed by atoms with Crippen molar-refractivity contribution in [2.75, 3.05) is 6.54 Å². The van der Waals surface area contributed by atoms with Crippen molar-refractivity contribution < 1.29 is 9.90 Å². The molecule has 0 saturated heterocycles. The number of rotatable bonds is 4. The largest absolute Gasteiger partial charge is 0.478 e. The molecule has 10 heavy (non-hydrogen) atoms. The molecule has 0 atom stereocenters. The van der Waals surface area contributed by atoms with Crippen molar-refractivity contribution in [1.29, 1.82) is 0 Å². The minimum atomic E-state index is -0.898. The number of carboxylic acid groups (broad SMARTS) is 1. The van der Waals surface area contributed by atoms with Crippen LogP contribution in [0.2, 0.25) is 0 Å². The summed E-state index contributed by atoms with van der Waals surface area (Å²) >= 11 is 0. The summed E-state index contributed by atoms with van der Waals surface area (Å²) in [5, 5.41) is 11.2. The lowest BCUT2D eigenvalue weighted by molar-refractivity contribution is -0.131. The second kappa shape index (κ2) is 4.99. The van der Waals surface area contributed by atoms with Crippen molar-refractivity contribution >= 4 is 5.97 Å². The van der Waals surface area contributed by atoms with Gasteiger partial charge in [0.05, 0.1) is 0 Å². The topological polar surface area (TPSA) is 49.3 Å². The highest BCUT2D eigenvalue weighted by Crippen LogP contribution is 1.76. The summed E-state index contributed by atoms with van der Waals surface area (Å²) in [5.74, 6) is -0.898. The molecule has 0 aliphatic carbocycles. The summed E-state index contributed by atoms with van der Waals surface area (Å²) in [6, 6.07) is 0.401. The molecule has 0 aliphatic heterocycles. The van der Waals surface area contributed by atoms with E-state index in [9.17, 15) is 4.79 Å². The maximum Gasteiger partial charge on any atom is 0.328 e. The highest BCUT2D eigenvalue weighted by atomic mass is 16.4. The summed E-state index contributed by atoms with van der Waals surface area (Å²) in [6.45, 7) is 4.63. The van der Waals surface area contributed by atoms with Crippen LogP contribution >= 0.6 is 0 Å². The van der Waals surface area contributed by atoms with Crippen LogP contribution in [0.3, 0.4) is 0 Å². The van der Waals surface area contributed by atoms with Gasteiger partial charge >= 0.3 is 5.97 Å². The summed E-state index contributed by atoms with van der Waals surface area (Å²) in [4.78, 5) is 9.93. The Hall–Kier alpha value is -0.830. The molecule has 2 N–H and O–H groups in total. The molecule has 3 heteroatoms. The zero-order valence-electron chi connectivity index (χ0n) is 6.29. The van der Waals surface area contributed by atoms with Crippen molar-refractivity contribution in [3.63, 3.8) is 0 Å². The van der Waals surface area contributed by atoms with Crippen LogP contribution in [0.1, 0.15) is 13.8 Å². The Morgan fingerprint density at radius 3 is 2.70 bits per heavy atom. The highest BCUT2D eigenvalue weighted by Gasteiger charge is 1.87. The Labute approximate surface area is 60.7 Å². The molecule has 3 nitrogen and oxygen atoms in total. The maximum atomic E-state index is 9.93. The molecule has 0 heterocycles. The third kappa shape index (κ3) is 7.17. The third-order valence-electron chi connectivity index (χ3n) is 0.904. The first-order valence-electron chi connectivity index (χ1n) is 3.25. The van der Waals surface area contributed by atoms with Gasteiger partial charge in [-0.1, -0.05) is 19.9 Å². The van der Waals surface area contributed by atoms with E-state index in [2.05, 4.69) is 5.32 Å². The van der Waals surface area contributed by atoms with Gasteiger partial charge in [0.25, 0.3) is 0 Å². The van der Waals surface area contributed by atoms with Crippen LogP contribution in [0.5, 0.6) is 0 Å². The van der Waals surface area contributed by atoms with Gasteiger partial charge in [-0.3, -0.25) is 0 Å². The van der Waals surface area contributed by atoms with Gasteiger partial charge in [-0.25, -0.2) is 4.79 Å². The minimum absolute atomic E-state index is 0.401. The van der Waals surface area contributed by atoms with Crippen LogP contribution in [-0.4, -0.2) is 23.7 Å². The lowest BCUT2D eigenvalue weighted by Crippen LogP contribution is -2.22. The van der Waals surface area contributed by atoms with Crippen LogP contribution in [0.15, 0.2) is 12.2 Å². The molecule has 0 aromatic heterocycles. The average Bonchev–Trinajstić information content (AvgIpc) is 1.79. The Morgan fingerprint density at radius 2 is 2.30 bits per heavy atom. The monoisotopic (exact) mass is 143 g/mol. The number of carbonyl (C=O) groups is 1. The molecule has 0 amide bonds. The lowest BCUT2D eigenvalue weighted by atomic mass is 10.4. The van der Waals surface area contributed by atoms with E-state index in [1.807, 2.05) is 13.8 Å². The van der Waals surface area contributed by atoms with Gasteiger partial charge in [-0.05, 0) is 0 Å². The summed E-state index contributed by atoms with van der Waals surface area (Å²) in [5.41, 5.74) is 0. The molecule has 58 valence electrons. The van der Waals surface area contributed by atoms with Crippen LogP contribution in [-0.2, 0) is 4.79 Å². The number of hydrogen-bond donors (Lipinski definition) is 2. The molecule has 0 unspecified atom stereocenters. The molecule has 0 spiro atoms. The van der Waals surface area contributed by atoms with E-state index in [1.165, 1.54) is 0 Å². The fourth-order valence-electron chi connectivity index (χ4n) is 0.463. The lowest BCUT2D eigenvalue weighted by Gasteiger charge is -2.02. The second-order valence-corrected chi connectivity index (χ2v) is 2.30. The van der Waals surface area contributed by atoms with Crippen molar-refractivity contribution in [1.82, 2.24) is 5.32 Å². The fraction of sp³-hybridized carbons (Fsp3) is 0.571. The standard InChI is InChI=1S/C7H13NO2/c1-6(2)8-5-3-4-7(9)10/h3-4,6,8H,5H2,1-2H3,(H,9,10)/b4-3+. The molecule has 0 radical (unpaired) electrons. The van der Waals surface area contributed by atoms with Gasteiger partial charge in [0.2, 0.25) is 0 Å². The van der Waals surface area contributed by atoms with Gasteiger partial charge < -0.3 is 10.4 Å². The smallest absolute Gasteiger partial charge is 0.328 e. The van der Waals surface area contributed by atoms with Crippen molar-refractivity contribution in [3.05, 3.63) is 12.2 Å². The molecule has 0 bridgehead atoms. The Kier molecular flexibility index (Phi) is 4.58. The van der Waals surface area contributed by atoms with Gasteiger partial charge in [0, 0.05) is 18.7 Å². The molecule has 0 aromatic carbocycles. The molecule has 0 aliphatic rings. The maximum absolute atomic E-state index is 9.93. The van der Waals surface area contributed by atoms with Crippen molar-refractivity contribution in [3.8, 4) is 0 Å². The van der Waals surface area contributed by atoms with Gasteiger partial charge in [-0.15, -0.1) is 0 Å². The second-order valence-electron chi connectivity index (χ2n) is 2.30. The Bertz CT molecular complexity index is 130. The van der Waals surface area contributed by atoms with E-state index in [0.29, 0.717) is 12.6 Å². The van der Waals surface area contributed by atoms with E-state index < -0.39 is 5.97 Å². The van der Waals surface area contributed by atoms with E-state index in [1.54, 1.807) is 6.08 Å². The predicted octanol–water partition coefficient (Wildman–Crippen LogP) is 0.625. The SMILES string of the molecule is CC(C)NC/C=C/C(=O)O. The summed E-state index contributed by atoms with van der Waals surface area (Å²) < 4.78 is 0. The summed E-state index contributed by atoms with van der Waals surface area (Å²) in [7, 11) is 0. The third-order valence-corrected chi connectivity index (χ3v) is 0.904. The Balaban J connectivity index is 3.27. The molecule has 0 saturated carbocycles. The first-order valence-corrected chi connectivity index (χ1v) is 3.25. The van der Waals surface area contributed by atoms with Gasteiger partial charge in [-0.2, -0.15) is 0 Å². The summed E-state index contributed by atoms with van der Waals surface area (Å²) in [6.07, 6.45) is 2.72. The van der Waals surface area contributed by atoms with Crippen molar-refractivity contribution in [2.24, 2.45) is 0 Å². The molecular formula is C7H13NO2. The number of aliphatic carboxylic acids is 1. The molecule has 0 fully saturated rings. The van der Waals surface area contributed by atoms with Crippen LogP contribution < -0.4 is 5.32 Å². The average molecular weight is 143 g/mol. The zero-order valence-corrected chi connectivity index (χ0v) is 6.29. The Morgan fingerprint density at radius 1 is 1.70 bits per heavy atom. The van der Waals surface area contributed by atoms with Crippen LogP contribution in [0.4, 0.5) is 0 Å². The molecule has 0 rings (SSSR count). The highest BCUT2D eigenvalue weighted by molar-refractivity contribution is 5.79. The number of nitrogens with one attached hydrogen (secondary N) is 1. The first-order chi connectivity index (χ1) is 4.63. The number of hydrogen-bond acceptors (Lipinski definition) is 2. The zero-order chi connectivity index (χ0) is 7.98.